The van der Waals surface area contributed by atoms with Gasteiger partial charge in [-0.25, -0.2) is 4.39 Å². The molecule has 2 aromatic rings. The molecular weight excluding hydrogens is 287 g/mol. The van der Waals surface area contributed by atoms with Crippen LogP contribution >= 0.6 is 0 Å². The van der Waals surface area contributed by atoms with E-state index in [1.807, 2.05) is 0 Å². The molecule has 1 aliphatic heterocycles. The number of halogens is 1. The van der Waals surface area contributed by atoms with Crippen molar-refractivity contribution in [3.8, 4) is 0 Å². The first-order valence-corrected chi connectivity index (χ1v) is 6.99. The molecule has 0 unspecified atom stereocenters. The molecule has 1 aromatic heterocycles. The Morgan fingerprint density at radius 2 is 2.09 bits per heavy atom. The van der Waals surface area contributed by atoms with Gasteiger partial charge in [0, 0.05) is 18.7 Å². The zero-order chi connectivity index (χ0) is 15.5. The Bertz CT molecular complexity index is 667. The molecule has 5 nitrogen and oxygen atoms in total. The summed E-state index contributed by atoms with van der Waals surface area (Å²) in [6.45, 7) is 0.599. The molecular formula is C16H15FN2O3. The minimum atomic E-state index is -0.410. The van der Waals surface area contributed by atoms with Crippen LogP contribution in [0.1, 0.15) is 12.2 Å². The van der Waals surface area contributed by atoms with Crippen LogP contribution in [0.15, 0.2) is 47.1 Å². The van der Waals surface area contributed by atoms with E-state index < -0.39 is 5.92 Å². The Balaban J connectivity index is 1.61. The highest BCUT2D eigenvalue weighted by Crippen LogP contribution is 2.25. The summed E-state index contributed by atoms with van der Waals surface area (Å²) in [4.78, 5) is 25.7. The van der Waals surface area contributed by atoms with Gasteiger partial charge in [0.1, 0.15) is 11.6 Å². The van der Waals surface area contributed by atoms with Crippen molar-refractivity contribution in [2.24, 2.45) is 5.92 Å². The number of nitrogens with one attached hydrogen (secondary N) is 1. The lowest BCUT2D eigenvalue weighted by atomic mass is 10.1. The predicted molar refractivity (Wildman–Crippen MR) is 77.4 cm³/mol. The van der Waals surface area contributed by atoms with Gasteiger partial charge in [-0.05, 0) is 36.4 Å². The molecule has 1 N–H and O–H groups in total. The maximum Gasteiger partial charge on any atom is 0.227 e. The zero-order valence-electron chi connectivity index (χ0n) is 11.8. The van der Waals surface area contributed by atoms with E-state index in [1.54, 1.807) is 12.1 Å². The van der Waals surface area contributed by atoms with Gasteiger partial charge in [-0.2, -0.15) is 0 Å². The van der Waals surface area contributed by atoms with Gasteiger partial charge in [-0.3, -0.25) is 9.59 Å². The van der Waals surface area contributed by atoms with E-state index in [2.05, 4.69) is 5.32 Å². The lowest BCUT2D eigenvalue weighted by Gasteiger charge is -2.16. The minimum Gasteiger partial charge on any atom is -0.467 e. The van der Waals surface area contributed by atoms with Crippen molar-refractivity contribution in [3.63, 3.8) is 0 Å². The molecule has 0 saturated carbocycles. The summed E-state index contributed by atoms with van der Waals surface area (Å²) in [5, 5.41) is 2.76. The van der Waals surface area contributed by atoms with Crippen molar-refractivity contribution in [1.82, 2.24) is 5.32 Å². The van der Waals surface area contributed by atoms with E-state index >= 15 is 0 Å². The number of hydrogen-bond donors (Lipinski definition) is 1. The van der Waals surface area contributed by atoms with E-state index in [-0.39, 0.29) is 24.1 Å². The monoisotopic (exact) mass is 302 g/mol. The van der Waals surface area contributed by atoms with Crippen LogP contribution < -0.4 is 10.2 Å². The first-order valence-electron chi connectivity index (χ1n) is 6.99. The molecule has 114 valence electrons. The summed E-state index contributed by atoms with van der Waals surface area (Å²) in [5.41, 5.74) is 0.604. The van der Waals surface area contributed by atoms with E-state index in [0.29, 0.717) is 24.5 Å². The van der Waals surface area contributed by atoms with Gasteiger partial charge in [0.25, 0.3) is 0 Å². The van der Waals surface area contributed by atoms with Crippen LogP contribution in [-0.4, -0.2) is 18.4 Å². The quantitative estimate of drug-likeness (QED) is 0.940. The van der Waals surface area contributed by atoms with Crippen molar-refractivity contribution in [2.75, 3.05) is 11.4 Å². The number of rotatable bonds is 4. The van der Waals surface area contributed by atoms with Crippen LogP contribution in [0.3, 0.4) is 0 Å². The fourth-order valence-electron chi connectivity index (χ4n) is 2.49. The van der Waals surface area contributed by atoms with E-state index in [4.69, 9.17) is 4.42 Å². The molecule has 22 heavy (non-hydrogen) atoms. The molecule has 0 aliphatic carbocycles. The first kappa shape index (κ1) is 14.3. The highest BCUT2D eigenvalue weighted by atomic mass is 19.1. The highest BCUT2D eigenvalue weighted by Gasteiger charge is 2.35. The Kier molecular flexibility index (Phi) is 3.91. The van der Waals surface area contributed by atoms with E-state index in [0.717, 1.165) is 0 Å². The van der Waals surface area contributed by atoms with Crippen LogP contribution in [0.25, 0.3) is 0 Å². The maximum atomic E-state index is 12.9. The molecule has 2 heterocycles. The van der Waals surface area contributed by atoms with E-state index in [9.17, 15) is 14.0 Å². The third-order valence-corrected chi connectivity index (χ3v) is 3.65. The first-order chi connectivity index (χ1) is 10.6. The maximum absolute atomic E-state index is 12.9. The largest absolute Gasteiger partial charge is 0.467 e. The molecule has 2 amide bonds. The SMILES string of the molecule is O=C(NCc1ccco1)[C@H]1CC(=O)N(c2ccc(F)cc2)C1. The summed E-state index contributed by atoms with van der Waals surface area (Å²) in [5.74, 6) is -0.428. The van der Waals surface area contributed by atoms with Crippen molar-refractivity contribution < 1.29 is 18.4 Å². The molecule has 1 fully saturated rings. The second kappa shape index (κ2) is 6.01. The average Bonchev–Trinajstić information content (AvgIpc) is 3.15. The fraction of sp³-hybridized carbons (Fsp3) is 0.250. The van der Waals surface area contributed by atoms with Crippen LogP contribution in [0.2, 0.25) is 0 Å². The lowest BCUT2D eigenvalue weighted by molar-refractivity contribution is -0.126. The summed E-state index contributed by atoms with van der Waals surface area (Å²) >= 11 is 0. The molecule has 3 rings (SSSR count). The van der Waals surface area contributed by atoms with Gasteiger partial charge in [0.05, 0.1) is 18.7 Å². The molecule has 0 spiro atoms. The molecule has 1 atom stereocenters. The second-order valence-electron chi connectivity index (χ2n) is 5.18. The van der Waals surface area contributed by atoms with Crippen LogP contribution in [0.4, 0.5) is 10.1 Å². The van der Waals surface area contributed by atoms with Crippen molar-refractivity contribution in [1.29, 1.82) is 0 Å². The van der Waals surface area contributed by atoms with Crippen molar-refractivity contribution in [3.05, 3.63) is 54.2 Å². The number of furan rings is 1. The van der Waals surface area contributed by atoms with Crippen LogP contribution in [-0.2, 0) is 16.1 Å². The number of hydrogen-bond acceptors (Lipinski definition) is 3. The number of amides is 2. The third kappa shape index (κ3) is 3.00. The Hall–Kier alpha value is -2.63. The smallest absolute Gasteiger partial charge is 0.227 e. The Morgan fingerprint density at radius 3 is 2.77 bits per heavy atom. The zero-order valence-corrected chi connectivity index (χ0v) is 11.8. The number of carbonyl (C=O) groups is 2. The molecule has 0 bridgehead atoms. The number of carbonyl (C=O) groups excluding carboxylic acids is 2. The van der Waals surface area contributed by atoms with Gasteiger partial charge in [0.2, 0.25) is 11.8 Å². The van der Waals surface area contributed by atoms with E-state index in [1.165, 1.54) is 35.4 Å². The van der Waals surface area contributed by atoms with Gasteiger partial charge >= 0.3 is 0 Å². The van der Waals surface area contributed by atoms with Crippen LogP contribution in [0.5, 0.6) is 0 Å². The summed E-state index contributed by atoms with van der Waals surface area (Å²) in [6, 6.07) is 9.19. The van der Waals surface area contributed by atoms with Gasteiger partial charge in [0.15, 0.2) is 0 Å². The topological polar surface area (TPSA) is 62.6 Å². The number of anilines is 1. The molecule has 1 saturated heterocycles. The fourth-order valence-corrected chi connectivity index (χ4v) is 2.49. The predicted octanol–water partition coefficient (Wildman–Crippen LogP) is 2.09. The minimum absolute atomic E-state index is 0.134. The van der Waals surface area contributed by atoms with Gasteiger partial charge < -0.3 is 14.6 Å². The molecule has 1 aliphatic rings. The normalized spacial score (nSPS) is 17.8. The number of benzene rings is 1. The summed E-state index contributed by atoms with van der Waals surface area (Å²) < 4.78 is 18.1. The molecule has 0 radical (unpaired) electrons. The average molecular weight is 302 g/mol. The highest BCUT2D eigenvalue weighted by molar-refractivity contribution is 6.00. The van der Waals surface area contributed by atoms with Gasteiger partial charge in [-0.1, -0.05) is 0 Å². The third-order valence-electron chi connectivity index (χ3n) is 3.65. The van der Waals surface area contributed by atoms with Crippen molar-refractivity contribution in [2.45, 2.75) is 13.0 Å². The molecule has 6 heteroatoms. The summed E-state index contributed by atoms with van der Waals surface area (Å²) in [7, 11) is 0. The Labute approximate surface area is 126 Å². The standard InChI is InChI=1S/C16H15FN2O3/c17-12-3-5-13(6-4-12)19-10-11(8-15(19)20)16(21)18-9-14-2-1-7-22-14/h1-7,11H,8-10H2,(H,18,21)/t11-/m0/s1. The Morgan fingerprint density at radius 1 is 1.32 bits per heavy atom. The number of nitrogens with zero attached hydrogens (tertiary/aromatic N) is 1. The van der Waals surface area contributed by atoms with Gasteiger partial charge in [-0.15, -0.1) is 0 Å². The molecule has 1 aromatic carbocycles. The van der Waals surface area contributed by atoms with Crippen LogP contribution in [0, 0.1) is 11.7 Å². The van der Waals surface area contributed by atoms with Crippen molar-refractivity contribution >= 4 is 17.5 Å². The lowest BCUT2D eigenvalue weighted by Crippen LogP contribution is -2.32. The second-order valence-corrected chi connectivity index (χ2v) is 5.18. The summed E-state index contributed by atoms with van der Waals surface area (Å²) in [6.07, 6.45) is 1.69.